The average molecular weight is 612 g/mol. The Morgan fingerprint density at radius 2 is 0.682 bits per heavy atom. The Hall–Kier alpha value is -1.08. The second kappa shape index (κ2) is 38.1. The molecule has 0 radical (unpaired) electrons. The Balaban J connectivity index is 3.67. The maximum atomic E-state index is 2.79. The van der Waals surface area contributed by atoms with E-state index in [1.807, 2.05) is 0 Å². The lowest BCUT2D eigenvalue weighted by Gasteiger charge is -2.23. The summed E-state index contributed by atoms with van der Waals surface area (Å²) in [7, 11) is 0. The van der Waals surface area contributed by atoms with Gasteiger partial charge in [-0.2, -0.15) is 0 Å². The fourth-order valence-electron chi connectivity index (χ4n) is 5.78. The Morgan fingerprint density at radius 1 is 0.364 bits per heavy atom. The van der Waals surface area contributed by atoms with Crippen molar-refractivity contribution >= 4 is 0 Å². The molecule has 0 amide bonds. The molecule has 0 aliphatic rings. The summed E-state index contributed by atoms with van der Waals surface area (Å²) in [5.74, 6) is 0.820. The quantitative estimate of drug-likeness (QED) is 0.0509. The van der Waals surface area contributed by atoms with Gasteiger partial charge in [-0.25, -0.2) is 0 Å². The van der Waals surface area contributed by atoms with Gasteiger partial charge >= 0.3 is 0 Å². The number of hydrogen-bond acceptors (Lipinski definition) is 1. The summed E-state index contributed by atoms with van der Waals surface area (Å²) in [5.41, 5.74) is 0. The first-order chi connectivity index (χ1) is 21.7. The Kier molecular flexibility index (Phi) is 37.2. The van der Waals surface area contributed by atoms with E-state index in [1.54, 1.807) is 0 Å². The van der Waals surface area contributed by atoms with Crippen LogP contribution in [0.25, 0.3) is 0 Å². The van der Waals surface area contributed by atoms with Crippen molar-refractivity contribution in [2.75, 3.05) is 19.6 Å². The Morgan fingerprint density at radius 3 is 1.02 bits per heavy atom. The third kappa shape index (κ3) is 37.1. The van der Waals surface area contributed by atoms with Crippen LogP contribution in [-0.2, 0) is 0 Å². The Labute approximate surface area is 279 Å². The van der Waals surface area contributed by atoms with Crippen LogP contribution >= 0.6 is 0 Å². The molecule has 0 aliphatic carbocycles. The zero-order valence-electron chi connectivity index (χ0n) is 30.9. The van der Waals surface area contributed by atoms with Gasteiger partial charge in [0.15, 0.2) is 0 Å². The van der Waals surface area contributed by atoms with Gasteiger partial charge in [-0.1, -0.05) is 166 Å². The number of unbranched alkanes of at least 4 members (excludes halogenated alkanes) is 20. The molecule has 0 atom stereocenters. The predicted molar refractivity (Wildman–Crippen MR) is 204 cm³/mol. The van der Waals surface area contributed by atoms with Crippen molar-refractivity contribution in [1.82, 2.24) is 4.90 Å². The van der Waals surface area contributed by atoms with Crippen LogP contribution in [0.1, 0.15) is 201 Å². The number of hydrogen-bond donors (Lipinski definition) is 0. The van der Waals surface area contributed by atoms with Crippen molar-refractivity contribution in [3.63, 3.8) is 0 Å². The van der Waals surface area contributed by atoms with Gasteiger partial charge < -0.3 is 4.90 Å². The molecule has 0 heterocycles. The van der Waals surface area contributed by atoms with E-state index in [0.29, 0.717) is 0 Å². The number of rotatable bonds is 35. The van der Waals surface area contributed by atoms with E-state index < -0.39 is 0 Å². The van der Waals surface area contributed by atoms with Crippen LogP contribution in [0, 0.1) is 5.92 Å². The van der Waals surface area contributed by atoms with E-state index in [1.165, 1.54) is 180 Å². The third-order valence-corrected chi connectivity index (χ3v) is 8.87. The number of allylic oxidation sites excluding steroid dienone is 8. The predicted octanol–water partition coefficient (Wildman–Crippen LogP) is 14.7. The molecule has 0 N–H and O–H groups in total. The van der Waals surface area contributed by atoms with E-state index in [0.717, 1.165) is 18.8 Å². The lowest BCUT2D eigenvalue weighted by Crippen LogP contribution is -2.28. The zero-order chi connectivity index (χ0) is 32.0. The standard InChI is InChI=1S/C43H81N/c1-5-7-9-11-13-15-17-19-21-23-24-26-28-30-32-34-36-38-41-44(42-39-43(3)4)40-37-35-33-31-29-27-25-22-20-18-16-14-12-10-8-6-2/h13-16,19-22,43H,5-12,17-18,23-42H2,1-4H3/b15-13-,16-14-,21-19-,22-20-. The molecule has 44 heavy (non-hydrogen) atoms. The van der Waals surface area contributed by atoms with Crippen LogP contribution in [-0.4, -0.2) is 24.5 Å². The highest BCUT2D eigenvalue weighted by molar-refractivity contribution is 4.93. The lowest BCUT2D eigenvalue weighted by molar-refractivity contribution is 0.246. The summed E-state index contributed by atoms with van der Waals surface area (Å²) >= 11 is 0. The van der Waals surface area contributed by atoms with Crippen molar-refractivity contribution in [2.24, 2.45) is 5.92 Å². The number of nitrogens with zero attached hydrogens (tertiary/aromatic N) is 1. The SMILES string of the molecule is CCCCC/C=C\C/C=C\CCCCCCCCCCN(CCCCCCCC/C=C\C/C=C\CCCCC)CCC(C)C. The van der Waals surface area contributed by atoms with Crippen LogP contribution in [0.15, 0.2) is 48.6 Å². The monoisotopic (exact) mass is 612 g/mol. The van der Waals surface area contributed by atoms with Gasteiger partial charge in [-0.15, -0.1) is 0 Å². The molecular weight excluding hydrogens is 530 g/mol. The summed E-state index contributed by atoms with van der Waals surface area (Å²) in [4.78, 5) is 2.79. The van der Waals surface area contributed by atoms with Crippen LogP contribution in [0.5, 0.6) is 0 Å². The van der Waals surface area contributed by atoms with Crippen LogP contribution in [0.2, 0.25) is 0 Å². The normalized spacial score (nSPS) is 12.6. The molecule has 0 rings (SSSR count). The topological polar surface area (TPSA) is 3.24 Å². The largest absolute Gasteiger partial charge is 0.303 e. The molecule has 0 aromatic heterocycles. The van der Waals surface area contributed by atoms with Gasteiger partial charge in [0.25, 0.3) is 0 Å². The van der Waals surface area contributed by atoms with Gasteiger partial charge in [0.2, 0.25) is 0 Å². The molecular formula is C43H81N. The maximum Gasteiger partial charge on any atom is -0.00163 e. The van der Waals surface area contributed by atoms with Crippen LogP contribution in [0.3, 0.4) is 0 Å². The molecule has 1 heteroatoms. The Bertz CT molecular complexity index is 639. The third-order valence-electron chi connectivity index (χ3n) is 8.87. The summed E-state index contributed by atoms with van der Waals surface area (Å²) in [6.07, 6.45) is 55.5. The zero-order valence-corrected chi connectivity index (χ0v) is 30.9. The van der Waals surface area contributed by atoms with Gasteiger partial charge in [0.1, 0.15) is 0 Å². The highest BCUT2D eigenvalue weighted by atomic mass is 15.1. The van der Waals surface area contributed by atoms with E-state index >= 15 is 0 Å². The first-order valence-corrected chi connectivity index (χ1v) is 20.0. The van der Waals surface area contributed by atoms with Crippen molar-refractivity contribution in [2.45, 2.75) is 201 Å². The van der Waals surface area contributed by atoms with E-state index in [9.17, 15) is 0 Å². The van der Waals surface area contributed by atoms with Gasteiger partial charge in [-0.3, -0.25) is 0 Å². The average Bonchev–Trinajstić information content (AvgIpc) is 3.02. The highest BCUT2D eigenvalue weighted by Gasteiger charge is 2.06. The second-order valence-electron chi connectivity index (χ2n) is 13.9. The fourth-order valence-corrected chi connectivity index (χ4v) is 5.78. The molecule has 0 unspecified atom stereocenters. The van der Waals surface area contributed by atoms with E-state index in [4.69, 9.17) is 0 Å². The first kappa shape index (κ1) is 42.9. The fraction of sp³-hybridized carbons (Fsp3) is 0.814. The molecule has 0 aliphatic heterocycles. The van der Waals surface area contributed by atoms with Crippen molar-refractivity contribution in [1.29, 1.82) is 0 Å². The van der Waals surface area contributed by atoms with Gasteiger partial charge in [0.05, 0.1) is 0 Å². The lowest BCUT2D eigenvalue weighted by atomic mass is 10.1. The molecule has 0 saturated heterocycles. The minimum Gasteiger partial charge on any atom is -0.303 e. The molecule has 0 aromatic carbocycles. The van der Waals surface area contributed by atoms with Crippen molar-refractivity contribution in [3.05, 3.63) is 48.6 Å². The molecule has 0 aromatic rings. The van der Waals surface area contributed by atoms with Gasteiger partial charge in [-0.05, 0) is 109 Å². The first-order valence-electron chi connectivity index (χ1n) is 20.0. The molecule has 0 saturated carbocycles. The van der Waals surface area contributed by atoms with Crippen molar-refractivity contribution in [3.8, 4) is 0 Å². The minimum absolute atomic E-state index is 0.820. The smallest absolute Gasteiger partial charge is 0.00163 e. The highest BCUT2D eigenvalue weighted by Crippen LogP contribution is 2.13. The van der Waals surface area contributed by atoms with E-state index in [2.05, 4.69) is 81.2 Å². The molecule has 0 fully saturated rings. The minimum atomic E-state index is 0.820. The van der Waals surface area contributed by atoms with Crippen LogP contribution in [0.4, 0.5) is 0 Å². The summed E-state index contributed by atoms with van der Waals surface area (Å²) in [6, 6.07) is 0. The van der Waals surface area contributed by atoms with Crippen LogP contribution < -0.4 is 0 Å². The molecule has 0 spiro atoms. The van der Waals surface area contributed by atoms with Crippen molar-refractivity contribution < 1.29 is 0 Å². The summed E-state index contributed by atoms with van der Waals surface area (Å²) < 4.78 is 0. The summed E-state index contributed by atoms with van der Waals surface area (Å²) in [5, 5.41) is 0. The van der Waals surface area contributed by atoms with E-state index in [-0.39, 0.29) is 0 Å². The molecule has 258 valence electrons. The summed E-state index contributed by atoms with van der Waals surface area (Å²) in [6.45, 7) is 13.3. The second-order valence-corrected chi connectivity index (χ2v) is 13.9. The maximum absolute atomic E-state index is 2.79. The molecule has 1 nitrogen and oxygen atoms in total. The van der Waals surface area contributed by atoms with Gasteiger partial charge in [0, 0.05) is 0 Å². The molecule has 0 bridgehead atoms.